The molecule has 0 fully saturated rings. The Bertz CT molecular complexity index is 2010. The van der Waals surface area contributed by atoms with E-state index in [1.807, 2.05) is 0 Å². The van der Waals surface area contributed by atoms with Gasteiger partial charge in [-0.2, -0.15) is 0 Å². The smallest absolute Gasteiger partial charge is 0.242 e. The van der Waals surface area contributed by atoms with Gasteiger partial charge in [0.05, 0.1) is 126 Å². The average molecular weight is 1180 g/mol. The second-order valence-corrected chi connectivity index (χ2v) is 21.1. The van der Waals surface area contributed by atoms with E-state index in [1.54, 1.807) is 0 Å². The van der Waals surface area contributed by atoms with E-state index in [0.29, 0.717) is 0 Å². The molecule has 0 aliphatic carbocycles. The summed E-state index contributed by atoms with van der Waals surface area (Å²) in [7, 11) is 0. The Balaban J connectivity index is 0. The first-order valence-electron chi connectivity index (χ1n) is 26.7. The number of aliphatic hydroxyl groups is 10. The Morgan fingerprint density at radius 2 is 0.427 bits per heavy atom. The van der Waals surface area contributed by atoms with Gasteiger partial charge in [0.25, 0.3) is 0 Å². The lowest BCUT2D eigenvalue weighted by Crippen LogP contribution is -2.55. The van der Waals surface area contributed by atoms with E-state index < -0.39 is 225 Å². The molecule has 0 spiro atoms. The largest absolute Gasteiger partial charge is 0.392 e. The highest BCUT2D eigenvalue weighted by Gasteiger charge is 2.34. The van der Waals surface area contributed by atoms with Crippen LogP contribution in [0, 0.1) is 0 Å². The van der Waals surface area contributed by atoms with Crippen LogP contribution in [0.1, 0.15) is 76.7 Å². The molecule has 0 heterocycles. The molecule has 0 aromatic heterocycles. The summed E-state index contributed by atoms with van der Waals surface area (Å²) in [6, 6.07) is 0. The van der Waals surface area contributed by atoms with E-state index in [1.165, 1.54) is 69.2 Å². The number of hydrogen-bond donors (Lipinski definition) is 12. The first-order chi connectivity index (χ1) is 37.4. The van der Waals surface area contributed by atoms with E-state index in [-0.39, 0.29) is 33.6 Å². The summed E-state index contributed by atoms with van der Waals surface area (Å²) in [4.78, 5) is 144. The molecule has 0 saturated heterocycles. The van der Waals surface area contributed by atoms with Crippen molar-refractivity contribution in [2.24, 2.45) is 5.73 Å². The summed E-state index contributed by atoms with van der Waals surface area (Å²) in [5.74, 6) is -9.09. The van der Waals surface area contributed by atoms with Gasteiger partial charge in [0.1, 0.15) is 0 Å². The first kappa shape index (κ1) is 78.3. The monoisotopic (exact) mass is 1180 g/mol. The van der Waals surface area contributed by atoms with Gasteiger partial charge in [-0.3, -0.25) is 47.9 Å². The Labute approximate surface area is 480 Å². The van der Waals surface area contributed by atoms with Crippen LogP contribution in [-0.4, -0.2) is 346 Å². The number of rotatable bonds is 40. The molecule has 82 heavy (non-hydrogen) atoms. The summed E-state index contributed by atoms with van der Waals surface area (Å²) in [5, 5.41) is 105. The summed E-state index contributed by atoms with van der Waals surface area (Å²) in [6.07, 6.45) is -11.9. The Morgan fingerprint density at radius 1 is 0.280 bits per heavy atom. The molecule has 0 rings (SSSR count). The Kier molecular flexibility index (Phi) is 37.9. The van der Waals surface area contributed by atoms with Gasteiger partial charge in [0, 0.05) is 65.4 Å². The predicted molar refractivity (Wildman–Crippen MR) is 295 cm³/mol. The highest BCUT2D eigenvalue weighted by atomic mass is 16.3. The van der Waals surface area contributed by atoms with Crippen molar-refractivity contribution in [3.05, 3.63) is 0 Å². The third-order valence-corrected chi connectivity index (χ3v) is 11.2. The molecular formula is C51H97N11O20. The number of nitrogens with two attached hydrogens (primary N) is 1. The standard InChI is InChI=1S/C50H93N11O20.CH4/c1-31(62)11-52-12-42(73)54(14-33(3)64)23-44(75)56(16-35(5)66)25-46(77)58(18-37(7)68)27-48(79)60(20-39(9)70)29-50(81)61(21-40(10)71)30-49(80)59(19-38(8)69)28-47(78)57(17-36(6)67)26-45(76)55(15-34(4)65)24-43(74)53(13-32(2)63)22-41(51)72;/h31-40,52,62-71H,11-30H2,1-10H3,(H2,51,72);1H4/t31-,32-,33-,34-,35-,36-,37-,38-,39-,40-;/m1./s1. The number of aliphatic hydroxyl groups excluding tert-OH is 10. The fourth-order valence-electron chi connectivity index (χ4n) is 7.96. The molecule has 0 aromatic carbocycles. The Morgan fingerprint density at radius 3 is 0.561 bits per heavy atom. The van der Waals surface area contributed by atoms with Crippen molar-refractivity contribution in [3.8, 4) is 0 Å². The van der Waals surface area contributed by atoms with Gasteiger partial charge >= 0.3 is 0 Å². The topological polar surface area (TPSA) is 440 Å². The summed E-state index contributed by atoms with van der Waals surface area (Å²) in [5.41, 5.74) is 5.27. The molecule has 10 amide bonds. The summed E-state index contributed by atoms with van der Waals surface area (Å²) < 4.78 is 0. The number of carbonyl (C=O) groups is 10. The van der Waals surface area contributed by atoms with Gasteiger partial charge < -0.3 is 106 Å². The lowest BCUT2D eigenvalue weighted by Gasteiger charge is -2.34. The van der Waals surface area contributed by atoms with Crippen LogP contribution in [0.3, 0.4) is 0 Å². The minimum absolute atomic E-state index is 0. The first-order valence-corrected chi connectivity index (χ1v) is 26.7. The Hall–Kier alpha value is -5.74. The van der Waals surface area contributed by atoms with Crippen molar-refractivity contribution in [2.75, 3.05) is 131 Å². The maximum atomic E-state index is 14.2. The molecule has 476 valence electrons. The van der Waals surface area contributed by atoms with Gasteiger partial charge in [-0.05, 0) is 69.2 Å². The van der Waals surface area contributed by atoms with E-state index >= 15 is 0 Å². The van der Waals surface area contributed by atoms with E-state index in [2.05, 4.69) is 5.32 Å². The van der Waals surface area contributed by atoms with Crippen molar-refractivity contribution < 1.29 is 99.0 Å². The average Bonchev–Trinajstić information content (AvgIpc) is 3.30. The van der Waals surface area contributed by atoms with Crippen LogP contribution in [-0.2, 0) is 47.9 Å². The van der Waals surface area contributed by atoms with Crippen LogP contribution in [0.4, 0.5) is 0 Å². The van der Waals surface area contributed by atoms with Crippen LogP contribution in [0.25, 0.3) is 0 Å². The zero-order valence-corrected chi connectivity index (χ0v) is 48.6. The van der Waals surface area contributed by atoms with E-state index in [9.17, 15) is 99.0 Å². The third-order valence-electron chi connectivity index (χ3n) is 11.2. The molecule has 0 radical (unpaired) electrons. The van der Waals surface area contributed by atoms with E-state index in [0.717, 1.165) is 44.1 Å². The molecule has 0 bridgehead atoms. The third kappa shape index (κ3) is 34.0. The van der Waals surface area contributed by atoms with Crippen molar-refractivity contribution in [1.82, 2.24) is 49.4 Å². The van der Waals surface area contributed by atoms with E-state index in [4.69, 9.17) is 5.73 Å². The molecule has 0 saturated carbocycles. The van der Waals surface area contributed by atoms with Gasteiger partial charge in [0.2, 0.25) is 59.1 Å². The van der Waals surface area contributed by atoms with Crippen LogP contribution in [0.15, 0.2) is 0 Å². The fraction of sp³-hybridized carbons (Fsp3) is 0.804. The molecular weight excluding hydrogens is 1090 g/mol. The van der Waals surface area contributed by atoms with Crippen molar-refractivity contribution in [3.63, 3.8) is 0 Å². The molecule has 0 aromatic rings. The summed E-state index contributed by atoms with van der Waals surface area (Å²) >= 11 is 0. The number of nitrogens with one attached hydrogen (secondary N) is 1. The van der Waals surface area contributed by atoms with Crippen LogP contribution in [0.5, 0.6) is 0 Å². The maximum Gasteiger partial charge on any atom is 0.242 e. The molecule has 0 unspecified atom stereocenters. The van der Waals surface area contributed by atoms with Gasteiger partial charge in [-0.1, -0.05) is 7.43 Å². The highest BCUT2D eigenvalue weighted by Crippen LogP contribution is 2.10. The zero-order chi connectivity index (χ0) is 62.6. The van der Waals surface area contributed by atoms with Gasteiger partial charge in [-0.25, -0.2) is 0 Å². The number of amides is 10. The number of primary amides is 1. The minimum Gasteiger partial charge on any atom is -0.392 e. The van der Waals surface area contributed by atoms with Crippen LogP contribution >= 0.6 is 0 Å². The molecule has 13 N–H and O–H groups in total. The predicted octanol–water partition coefficient (Wildman–Crippen LogP) is -8.04. The lowest BCUT2D eigenvalue weighted by molar-refractivity contribution is -0.151. The van der Waals surface area contributed by atoms with Crippen molar-refractivity contribution in [1.29, 1.82) is 0 Å². The molecule has 31 nitrogen and oxygen atoms in total. The second kappa shape index (κ2) is 39.7. The highest BCUT2D eigenvalue weighted by molar-refractivity contribution is 5.94. The maximum absolute atomic E-state index is 14.2. The SMILES string of the molecule is C.C[C@@H](O)CNCC(=O)N(CC(=O)N(CC(=O)N(CC(=O)N(CC(=O)N(CC(=O)N(CC(=O)N(CC(=O)N(CC(=O)N(CC(N)=O)C[C@@H](C)O)C[C@@H](C)O)C[C@@H](C)O)C[C@@H](C)O)C[C@@H](C)O)C[C@@H](C)O)C[C@@H](C)O)C[C@@H](C)O)C[C@@H](C)O. The van der Waals surface area contributed by atoms with Crippen molar-refractivity contribution in [2.45, 2.75) is 138 Å². The zero-order valence-electron chi connectivity index (χ0n) is 48.6. The van der Waals surface area contributed by atoms with Gasteiger partial charge in [0.15, 0.2) is 0 Å². The molecule has 31 heteroatoms. The molecule has 0 aliphatic rings. The number of carbonyl (C=O) groups excluding carboxylic acids is 10. The normalized spacial score (nSPS) is 14.8. The van der Waals surface area contributed by atoms with Gasteiger partial charge in [-0.15, -0.1) is 0 Å². The number of nitrogens with zero attached hydrogens (tertiary/aromatic N) is 9. The van der Waals surface area contributed by atoms with Crippen LogP contribution in [0.2, 0.25) is 0 Å². The fourth-order valence-corrected chi connectivity index (χ4v) is 7.96. The second-order valence-electron chi connectivity index (χ2n) is 21.1. The van der Waals surface area contributed by atoms with Crippen LogP contribution < -0.4 is 11.1 Å². The molecule has 10 atom stereocenters. The lowest BCUT2D eigenvalue weighted by atomic mass is 10.2. The summed E-state index contributed by atoms with van der Waals surface area (Å²) in [6.45, 7) is 1.56. The quantitative estimate of drug-likeness (QED) is 0.0271. The van der Waals surface area contributed by atoms with Crippen molar-refractivity contribution >= 4 is 59.1 Å². The number of hydrogen-bond acceptors (Lipinski definition) is 21. The molecule has 0 aliphatic heterocycles. The minimum atomic E-state index is -1.32.